The Bertz CT molecular complexity index is 392. The van der Waals surface area contributed by atoms with E-state index in [9.17, 15) is 0 Å². The molecule has 0 amide bonds. The molecule has 1 aliphatic rings. The van der Waals surface area contributed by atoms with Gasteiger partial charge >= 0.3 is 0 Å². The second kappa shape index (κ2) is 6.69. The molecule has 18 heavy (non-hydrogen) atoms. The average Bonchev–Trinajstić information content (AvgIpc) is 2.80. The van der Waals surface area contributed by atoms with E-state index in [1.807, 2.05) is 0 Å². The number of halogens is 1. The van der Waals surface area contributed by atoms with E-state index in [4.69, 9.17) is 5.73 Å². The molecule has 2 rings (SSSR count). The van der Waals surface area contributed by atoms with Gasteiger partial charge < -0.3 is 5.73 Å². The monoisotopic (exact) mass is 310 g/mol. The topological polar surface area (TPSA) is 29.3 Å². The lowest BCUT2D eigenvalue weighted by molar-refractivity contribution is 0.312. The van der Waals surface area contributed by atoms with Crippen molar-refractivity contribution in [1.82, 2.24) is 4.90 Å². The van der Waals surface area contributed by atoms with Crippen molar-refractivity contribution in [2.75, 3.05) is 13.1 Å². The fourth-order valence-electron chi connectivity index (χ4n) is 2.79. The molecule has 1 aromatic carbocycles. The Morgan fingerprint density at radius 3 is 2.94 bits per heavy atom. The van der Waals surface area contributed by atoms with Gasteiger partial charge in [-0.2, -0.15) is 0 Å². The van der Waals surface area contributed by atoms with E-state index in [1.165, 1.54) is 48.0 Å². The summed E-state index contributed by atoms with van der Waals surface area (Å²) in [7, 11) is 0. The quantitative estimate of drug-likeness (QED) is 0.901. The smallest absolute Gasteiger partial charge is 0.0245 e. The van der Waals surface area contributed by atoms with Crippen LogP contribution in [0.15, 0.2) is 22.7 Å². The van der Waals surface area contributed by atoms with E-state index >= 15 is 0 Å². The summed E-state index contributed by atoms with van der Waals surface area (Å²) in [6.07, 6.45) is 4.06. The highest BCUT2D eigenvalue weighted by Gasteiger charge is 2.21. The first kappa shape index (κ1) is 14.0. The van der Waals surface area contributed by atoms with Crippen molar-refractivity contribution in [3.05, 3.63) is 33.8 Å². The van der Waals surface area contributed by atoms with Gasteiger partial charge in [0, 0.05) is 24.1 Å². The van der Waals surface area contributed by atoms with Gasteiger partial charge in [-0.1, -0.05) is 41.4 Å². The lowest BCUT2D eigenvalue weighted by atomic mass is 10.0. The number of benzene rings is 1. The zero-order chi connectivity index (χ0) is 13.0. The van der Waals surface area contributed by atoms with Crippen molar-refractivity contribution in [3.8, 4) is 0 Å². The molecular weight excluding hydrogens is 288 g/mol. The van der Waals surface area contributed by atoms with Gasteiger partial charge in [0.25, 0.3) is 0 Å². The van der Waals surface area contributed by atoms with E-state index in [2.05, 4.69) is 46.0 Å². The SMILES string of the molecule is CCCC1CCN(Cc2ccc(CN)cc2Br)C1. The second-order valence-electron chi connectivity index (χ2n) is 5.31. The summed E-state index contributed by atoms with van der Waals surface area (Å²) >= 11 is 3.66. The first-order valence-corrected chi connectivity index (χ1v) is 7.72. The molecule has 0 spiro atoms. The van der Waals surface area contributed by atoms with Crippen LogP contribution in [0.3, 0.4) is 0 Å². The lowest BCUT2D eigenvalue weighted by Gasteiger charge is -2.17. The van der Waals surface area contributed by atoms with Crippen LogP contribution < -0.4 is 5.73 Å². The highest BCUT2D eigenvalue weighted by atomic mass is 79.9. The van der Waals surface area contributed by atoms with Gasteiger partial charge in [0.15, 0.2) is 0 Å². The highest BCUT2D eigenvalue weighted by molar-refractivity contribution is 9.10. The summed E-state index contributed by atoms with van der Waals surface area (Å²) in [5.74, 6) is 0.914. The summed E-state index contributed by atoms with van der Waals surface area (Å²) in [5, 5.41) is 0. The molecule has 1 atom stereocenters. The van der Waals surface area contributed by atoms with Gasteiger partial charge in [0.1, 0.15) is 0 Å². The summed E-state index contributed by atoms with van der Waals surface area (Å²) in [6, 6.07) is 6.49. The Hall–Kier alpha value is -0.380. The number of rotatable bonds is 5. The number of nitrogens with two attached hydrogens (primary N) is 1. The highest BCUT2D eigenvalue weighted by Crippen LogP contribution is 2.25. The molecule has 3 heteroatoms. The number of nitrogens with zero attached hydrogens (tertiary/aromatic N) is 1. The fourth-order valence-corrected chi connectivity index (χ4v) is 3.34. The van der Waals surface area contributed by atoms with Crippen LogP contribution in [-0.2, 0) is 13.1 Å². The normalized spacial score (nSPS) is 20.5. The molecule has 0 aliphatic carbocycles. The molecule has 1 saturated heterocycles. The molecule has 1 unspecified atom stereocenters. The van der Waals surface area contributed by atoms with Crippen LogP contribution in [0.1, 0.15) is 37.3 Å². The minimum absolute atomic E-state index is 0.612. The third kappa shape index (κ3) is 3.56. The second-order valence-corrected chi connectivity index (χ2v) is 6.16. The predicted molar refractivity (Wildman–Crippen MR) is 80.3 cm³/mol. The summed E-state index contributed by atoms with van der Waals surface area (Å²) in [6.45, 7) is 6.46. The molecular formula is C15H23BrN2. The largest absolute Gasteiger partial charge is 0.326 e. The Morgan fingerprint density at radius 2 is 2.28 bits per heavy atom. The third-order valence-electron chi connectivity index (χ3n) is 3.81. The van der Waals surface area contributed by atoms with E-state index in [-0.39, 0.29) is 0 Å². The zero-order valence-corrected chi connectivity index (χ0v) is 12.7. The molecule has 0 bridgehead atoms. The van der Waals surface area contributed by atoms with Crippen LogP contribution in [-0.4, -0.2) is 18.0 Å². The summed E-state index contributed by atoms with van der Waals surface area (Å²) < 4.78 is 1.20. The van der Waals surface area contributed by atoms with Crippen molar-refractivity contribution in [2.45, 2.75) is 39.3 Å². The van der Waals surface area contributed by atoms with Gasteiger partial charge in [-0.3, -0.25) is 4.90 Å². The van der Waals surface area contributed by atoms with Gasteiger partial charge in [0.05, 0.1) is 0 Å². The molecule has 100 valence electrons. The number of hydrogen-bond donors (Lipinski definition) is 1. The molecule has 1 heterocycles. The van der Waals surface area contributed by atoms with Gasteiger partial charge in [0.2, 0.25) is 0 Å². The van der Waals surface area contributed by atoms with E-state index < -0.39 is 0 Å². The van der Waals surface area contributed by atoms with Crippen LogP contribution in [0.25, 0.3) is 0 Å². The minimum Gasteiger partial charge on any atom is -0.326 e. The Balaban J connectivity index is 1.94. The number of hydrogen-bond acceptors (Lipinski definition) is 2. The Kier molecular flexibility index (Phi) is 5.22. The Morgan fingerprint density at radius 1 is 1.44 bits per heavy atom. The van der Waals surface area contributed by atoms with Crippen molar-refractivity contribution < 1.29 is 0 Å². The molecule has 0 aromatic heterocycles. The molecule has 1 aliphatic heterocycles. The molecule has 0 radical (unpaired) electrons. The van der Waals surface area contributed by atoms with Crippen molar-refractivity contribution in [3.63, 3.8) is 0 Å². The van der Waals surface area contributed by atoms with Crippen LogP contribution >= 0.6 is 15.9 Å². The van der Waals surface area contributed by atoms with Crippen molar-refractivity contribution in [1.29, 1.82) is 0 Å². The number of likely N-dealkylation sites (tertiary alicyclic amines) is 1. The molecule has 2 nitrogen and oxygen atoms in total. The lowest BCUT2D eigenvalue weighted by Crippen LogP contribution is -2.20. The zero-order valence-electron chi connectivity index (χ0n) is 11.2. The maximum Gasteiger partial charge on any atom is 0.0245 e. The van der Waals surface area contributed by atoms with E-state index in [0.717, 1.165) is 12.5 Å². The standard InChI is InChI=1S/C15H23BrN2/c1-2-3-12-6-7-18(10-12)11-14-5-4-13(9-17)8-15(14)16/h4-5,8,12H,2-3,6-7,9-11,17H2,1H3. The van der Waals surface area contributed by atoms with Crippen molar-refractivity contribution >= 4 is 15.9 Å². The molecule has 2 N–H and O–H groups in total. The average molecular weight is 311 g/mol. The summed E-state index contributed by atoms with van der Waals surface area (Å²) in [4.78, 5) is 2.57. The minimum atomic E-state index is 0.612. The van der Waals surface area contributed by atoms with Crippen LogP contribution in [0.2, 0.25) is 0 Å². The molecule has 1 aromatic rings. The van der Waals surface area contributed by atoms with Gasteiger partial charge in [-0.05, 0) is 42.5 Å². The van der Waals surface area contributed by atoms with Crippen LogP contribution in [0, 0.1) is 5.92 Å². The van der Waals surface area contributed by atoms with E-state index in [1.54, 1.807) is 0 Å². The maximum absolute atomic E-state index is 5.65. The van der Waals surface area contributed by atoms with Crippen LogP contribution in [0.5, 0.6) is 0 Å². The fraction of sp³-hybridized carbons (Fsp3) is 0.600. The maximum atomic E-state index is 5.65. The third-order valence-corrected chi connectivity index (χ3v) is 4.55. The van der Waals surface area contributed by atoms with Gasteiger partial charge in [-0.15, -0.1) is 0 Å². The predicted octanol–water partition coefficient (Wildman–Crippen LogP) is 3.53. The first-order valence-electron chi connectivity index (χ1n) is 6.92. The first-order chi connectivity index (χ1) is 8.72. The van der Waals surface area contributed by atoms with E-state index in [0.29, 0.717) is 6.54 Å². The molecule has 1 fully saturated rings. The van der Waals surface area contributed by atoms with Gasteiger partial charge in [-0.25, -0.2) is 0 Å². The summed E-state index contributed by atoms with van der Waals surface area (Å²) in [5.41, 5.74) is 8.22. The Labute approximate surface area is 119 Å². The van der Waals surface area contributed by atoms with Crippen molar-refractivity contribution in [2.24, 2.45) is 11.7 Å². The van der Waals surface area contributed by atoms with Crippen LogP contribution in [0.4, 0.5) is 0 Å². The molecule has 0 saturated carbocycles.